The van der Waals surface area contributed by atoms with Gasteiger partial charge in [-0.2, -0.15) is 5.10 Å². The Kier molecular flexibility index (Phi) is 6.28. The summed E-state index contributed by atoms with van der Waals surface area (Å²) in [6.07, 6.45) is 0. The van der Waals surface area contributed by atoms with Gasteiger partial charge in [0.15, 0.2) is 15.7 Å². The highest BCUT2D eigenvalue weighted by molar-refractivity contribution is 7.92. The van der Waals surface area contributed by atoms with Gasteiger partial charge < -0.3 is 9.80 Å². The largest absolute Gasteiger partial charge is 0.356 e. The smallest absolute Gasteiger partial charge is 0.237 e. The molecular weight excluding hydrogens is 304 g/mol. The topological polar surface area (TPSA) is 83.5 Å². The van der Waals surface area contributed by atoms with E-state index in [1.54, 1.807) is 20.9 Å². The fourth-order valence-electron chi connectivity index (χ4n) is 1.58. The number of hydrogen-bond acceptors (Lipinski definition) is 6. The second-order valence-electron chi connectivity index (χ2n) is 5.63. The van der Waals surface area contributed by atoms with E-state index in [2.05, 4.69) is 10.2 Å². The summed E-state index contributed by atoms with van der Waals surface area (Å²) in [5.41, 5.74) is 0.836. The van der Waals surface area contributed by atoms with Crippen molar-refractivity contribution in [2.24, 2.45) is 0 Å². The van der Waals surface area contributed by atoms with E-state index >= 15 is 0 Å². The number of nitrogens with zero attached hydrogens (tertiary/aromatic N) is 4. The first kappa shape index (κ1) is 18.3. The molecule has 22 heavy (non-hydrogen) atoms. The van der Waals surface area contributed by atoms with Crippen molar-refractivity contribution in [2.75, 3.05) is 37.8 Å². The van der Waals surface area contributed by atoms with Crippen molar-refractivity contribution in [3.8, 4) is 0 Å². The molecule has 1 amide bonds. The Labute approximate surface area is 132 Å². The molecular formula is C14H24N4O3S. The summed E-state index contributed by atoms with van der Waals surface area (Å²) in [5, 5.41) is 7.49. The van der Waals surface area contributed by atoms with E-state index in [-0.39, 0.29) is 0 Å². The van der Waals surface area contributed by atoms with Gasteiger partial charge in [0.25, 0.3) is 0 Å². The number of aryl methyl sites for hydroxylation is 1. The Balaban J connectivity index is 2.53. The Morgan fingerprint density at radius 2 is 1.82 bits per heavy atom. The van der Waals surface area contributed by atoms with E-state index in [0.29, 0.717) is 18.9 Å². The molecule has 124 valence electrons. The van der Waals surface area contributed by atoms with Gasteiger partial charge in [-0.1, -0.05) is 0 Å². The van der Waals surface area contributed by atoms with E-state index in [0.717, 1.165) is 5.69 Å². The third-order valence-corrected chi connectivity index (χ3v) is 5.50. The van der Waals surface area contributed by atoms with E-state index in [1.165, 1.54) is 4.90 Å². The number of rotatable bonds is 7. The lowest BCUT2D eigenvalue weighted by molar-refractivity contribution is -0.127. The molecule has 1 aromatic heterocycles. The van der Waals surface area contributed by atoms with Gasteiger partial charge in [-0.05, 0) is 32.9 Å². The Bertz CT molecular complexity index is 599. The number of hydrogen-bond donors (Lipinski definition) is 0. The molecule has 0 unspecified atom stereocenters. The van der Waals surface area contributed by atoms with Gasteiger partial charge in [0.05, 0.1) is 10.9 Å². The van der Waals surface area contributed by atoms with Crippen LogP contribution in [-0.2, 0) is 14.6 Å². The van der Waals surface area contributed by atoms with Gasteiger partial charge in [0, 0.05) is 27.2 Å². The van der Waals surface area contributed by atoms with Crippen LogP contribution in [0.25, 0.3) is 0 Å². The van der Waals surface area contributed by atoms with Gasteiger partial charge in [0.1, 0.15) is 5.75 Å². The molecule has 0 aromatic carbocycles. The number of carbonyl (C=O) groups excluding carboxylic acids is 1. The number of likely N-dealkylation sites (N-methyl/N-ethyl adjacent to an activating group) is 2. The van der Waals surface area contributed by atoms with Crippen molar-refractivity contribution in [2.45, 2.75) is 26.0 Å². The van der Waals surface area contributed by atoms with Crippen LogP contribution in [0.2, 0.25) is 0 Å². The molecule has 0 fully saturated rings. The molecule has 1 aromatic rings. The molecule has 0 aliphatic heterocycles. The zero-order valence-corrected chi connectivity index (χ0v) is 14.6. The zero-order chi connectivity index (χ0) is 16.9. The highest BCUT2D eigenvalue weighted by atomic mass is 32.2. The van der Waals surface area contributed by atoms with Gasteiger partial charge in [0.2, 0.25) is 5.91 Å². The molecule has 7 nitrogen and oxygen atoms in total. The predicted octanol–water partition coefficient (Wildman–Crippen LogP) is 0.503. The summed E-state index contributed by atoms with van der Waals surface area (Å²) in [6.45, 7) is 5.97. The van der Waals surface area contributed by atoms with Gasteiger partial charge in [-0.25, -0.2) is 8.42 Å². The average molecular weight is 328 g/mol. The maximum absolute atomic E-state index is 12.0. The minimum Gasteiger partial charge on any atom is -0.356 e. The minimum atomic E-state index is -3.37. The Morgan fingerprint density at radius 3 is 2.32 bits per heavy atom. The lowest BCUT2D eigenvalue weighted by Crippen LogP contribution is -2.39. The van der Waals surface area contributed by atoms with Crippen LogP contribution in [-0.4, -0.2) is 67.6 Å². The summed E-state index contributed by atoms with van der Waals surface area (Å²) in [7, 11) is 0.0886. The maximum Gasteiger partial charge on any atom is 0.237 e. The number of carbonyl (C=O) groups is 1. The SMILES string of the molecule is Cc1ccc(N(C)CCN(C)C(=O)CS(=O)(=O)C(C)C)nn1. The molecule has 8 heteroatoms. The molecule has 0 spiro atoms. The average Bonchev–Trinajstić information content (AvgIpc) is 2.44. The van der Waals surface area contributed by atoms with Crippen molar-refractivity contribution >= 4 is 21.6 Å². The minimum absolute atomic E-state index is 0.392. The number of sulfone groups is 1. The van der Waals surface area contributed by atoms with Crippen LogP contribution in [0.3, 0.4) is 0 Å². The standard InChI is InChI=1S/C14H24N4O3S/c1-11(2)22(20,21)10-14(19)18(5)9-8-17(4)13-7-6-12(3)15-16-13/h6-7,11H,8-10H2,1-5H3. The first-order valence-electron chi connectivity index (χ1n) is 7.10. The first-order valence-corrected chi connectivity index (χ1v) is 8.82. The lowest BCUT2D eigenvalue weighted by atomic mass is 10.4. The molecule has 0 bridgehead atoms. The fraction of sp³-hybridized carbons (Fsp3) is 0.643. The van der Waals surface area contributed by atoms with Crippen LogP contribution in [0.1, 0.15) is 19.5 Å². The summed E-state index contributed by atoms with van der Waals surface area (Å²) < 4.78 is 23.5. The molecule has 0 aliphatic carbocycles. The van der Waals surface area contributed by atoms with Crippen molar-refractivity contribution in [3.63, 3.8) is 0 Å². The predicted molar refractivity (Wildman–Crippen MR) is 86.6 cm³/mol. The van der Waals surface area contributed by atoms with Crippen LogP contribution >= 0.6 is 0 Å². The normalized spacial score (nSPS) is 11.5. The number of aromatic nitrogens is 2. The van der Waals surface area contributed by atoms with Crippen molar-refractivity contribution in [3.05, 3.63) is 17.8 Å². The van der Waals surface area contributed by atoms with Crippen LogP contribution in [0.4, 0.5) is 5.82 Å². The van der Waals surface area contributed by atoms with E-state index in [9.17, 15) is 13.2 Å². The fourth-order valence-corrected chi connectivity index (χ4v) is 2.48. The maximum atomic E-state index is 12.0. The third-order valence-electron chi connectivity index (χ3n) is 3.41. The Morgan fingerprint density at radius 1 is 1.18 bits per heavy atom. The summed E-state index contributed by atoms with van der Waals surface area (Å²) in [6, 6.07) is 3.72. The summed E-state index contributed by atoms with van der Waals surface area (Å²) in [4.78, 5) is 15.3. The molecule has 1 rings (SSSR count). The number of anilines is 1. The van der Waals surface area contributed by atoms with E-state index < -0.39 is 26.7 Å². The highest BCUT2D eigenvalue weighted by Gasteiger charge is 2.22. The second kappa shape index (κ2) is 7.53. The third kappa shape index (κ3) is 5.25. The van der Waals surface area contributed by atoms with Crippen molar-refractivity contribution in [1.29, 1.82) is 0 Å². The van der Waals surface area contributed by atoms with Crippen LogP contribution < -0.4 is 4.90 Å². The molecule has 0 saturated carbocycles. The molecule has 0 N–H and O–H groups in total. The molecule has 0 atom stereocenters. The lowest BCUT2D eigenvalue weighted by Gasteiger charge is -2.23. The second-order valence-corrected chi connectivity index (χ2v) is 8.18. The summed E-state index contributed by atoms with van der Waals surface area (Å²) >= 11 is 0. The summed E-state index contributed by atoms with van der Waals surface area (Å²) in [5.74, 6) is -0.131. The monoisotopic (exact) mass is 328 g/mol. The Hall–Kier alpha value is -1.70. The zero-order valence-electron chi connectivity index (χ0n) is 13.8. The highest BCUT2D eigenvalue weighted by Crippen LogP contribution is 2.07. The molecule has 0 saturated heterocycles. The van der Waals surface area contributed by atoms with Gasteiger partial charge >= 0.3 is 0 Å². The van der Waals surface area contributed by atoms with Crippen LogP contribution in [0.15, 0.2) is 12.1 Å². The van der Waals surface area contributed by atoms with Gasteiger partial charge in [-0.15, -0.1) is 5.10 Å². The quantitative estimate of drug-likeness (QED) is 0.725. The number of amides is 1. The first-order chi connectivity index (χ1) is 10.1. The van der Waals surface area contributed by atoms with Crippen molar-refractivity contribution < 1.29 is 13.2 Å². The van der Waals surface area contributed by atoms with E-state index in [1.807, 2.05) is 31.0 Å². The molecule has 0 aliphatic rings. The molecule has 1 heterocycles. The van der Waals surface area contributed by atoms with Crippen LogP contribution in [0.5, 0.6) is 0 Å². The molecule has 0 radical (unpaired) electrons. The van der Waals surface area contributed by atoms with Crippen molar-refractivity contribution in [1.82, 2.24) is 15.1 Å². The van der Waals surface area contributed by atoms with Gasteiger partial charge in [-0.3, -0.25) is 4.79 Å². The van der Waals surface area contributed by atoms with E-state index in [4.69, 9.17) is 0 Å². The van der Waals surface area contributed by atoms with Crippen LogP contribution in [0, 0.1) is 6.92 Å².